The number of fused-ring (bicyclic) bond motifs is 3. The smallest absolute Gasteiger partial charge is 0.419 e. The van der Waals surface area contributed by atoms with Gasteiger partial charge in [0.15, 0.2) is 0 Å². The minimum absolute atomic E-state index is 0.0345. The van der Waals surface area contributed by atoms with Crippen LogP contribution in [0.15, 0.2) is 48.5 Å². The lowest BCUT2D eigenvalue weighted by molar-refractivity contribution is 0.120. The van der Waals surface area contributed by atoms with Crippen LogP contribution in [0, 0.1) is 0 Å². The van der Waals surface area contributed by atoms with Crippen LogP contribution in [0.25, 0.3) is 11.1 Å². The van der Waals surface area contributed by atoms with Gasteiger partial charge in [0.2, 0.25) is 0 Å². The Morgan fingerprint density at radius 1 is 1.09 bits per heavy atom. The zero-order valence-electron chi connectivity index (χ0n) is 12.0. The van der Waals surface area contributed by atoms with Gasteiger partial charge in [-0.05, 0) is 22.3 Å². The SMILES string of the molecule is O=C(OCC1c2ccccc2-c2ccccc21)N(S)CCO. The molecule has 1 amide bonds. The molecule has 0 saturated carbocycles. The van der Waals surface area contributed by atoms with Crippen molar-refractivity contribution in [3.63, 3.8) is 0 Å². The molecule has 2 aromatic rings. The molecule has 1 N–H and O–H groups in total. The highest BCUT2D eigenvalue weighted by molar-refractivity contribution is 7.78. The van der Waals surface area contributed by atoms with Gasteiger partial charge in [-0.3, -0.25) is 4.31 Å². The van der Waals surface area contributed by atoms with E-state index in [0.717, 1.165) is 4.31 Å². The molecular formula is C17H17NO3S. The molecule has 3 rings (SSSR count). The summed E-state index contributed by atoms with van der Waals surface area (Å²) in [4.78, 5) is 11.8. The van der Waals surface area contributed by atoms with E-state index in [-0.39, 0.29) is 25.7 Å². The standard InChI is InChI=1S/C17H17NO3S/c19-10-9-18(22)17(20)21-11-16-14-7-3-1-5-12(14)13-6-2-4-8-15(13)16/h1-8,16,19,22H,9-11H2. The van der Waals surface area contributed by atoms with Gasteiger partial charge in [-0.2, -0.15) is 0 Å². The molecular weight excluding hydrogens is 298 g/mol. The Bertz CT molecular complexity index is 644. The summed E-state index contributed by atoms with van der Waals surface area (Å²) in [5.41, 5.74) is 4.73. The lowest BCUT2D eigenvalue weighted by Crippen LogP contribution is -2.27. The van der Waals surface area contributed by atoms with Crippen LogP contribution in [0.4, 0.5) is 4.79 Å². The fourth-order valence-corrected chi connectivity index (χ4v) is 3.00. The largest absolute Gasteiger partial charge is 0.448 e. The Morgan fingerprint density at radius 2 is 1.64 bits per heavy atom. The van der Waals surface area contributed by atoms with Crippen molar-refractivity contribution in [3.05, 3.63) is 59.7 Å². The predicted octanol–water partition coefficient (Wildman–Crippen LogP) is 3.07. The van der Waals surface area contributed by atoms with Gasteiger partial charge in [0.25, 0.3) is 0 Å². The van der Waals surface area contributed by atoms with Crippen LogP contribution in [0.5, 0.6) is 0 Å². The third-order valence-corrected chi connectivity index (χ3v) is 4.22. The van der Waals surface area contributed by atoms with Crippen LogP contribution in [-0.4, -0.2) is 35.3 Å². The van der Waals surface area contributed by atoms with E-state index in [1.165, 1.54) is 22.3 Å². The van der Waals surface area contributed by atoms with E-state index in [4.69, 9.17) is 9.84 Å². The number of hydrogen-bond acceptors (Lipinski definition) is 4. The Hall–Kier alpha value is -1.98. The van der Waals surface area contributed by atoms with Crippen molar-refractivity contribution in [2.45, 2.75) is 5.92 Å². The number of hydrogen-bond donors (Lipinski definition) is 2. The minimum atomic E-state index is -0.542. The minimum Gasteiger partial charge on any atom is -0.448 e. The second-order valence-corrected chi connectivity index (χ2v) is 5.63. The van der Waals surface area contributed by atoms with E-state index in [2.05, 4.69) is 37.1 Å². The molecule has 5 heteroatoms. The first-order valence-corrected chi connectivity index (χ1v) is 7.54. The molecule has 0 radical (unpaired) electrons. The highest BCUT2D eigenvalue weighted by Gasteiger charge is 2.29. The zero-order valence-corrected chi connectivity index (χ0v) is 12.9. The lowest BCUT2D eigenvalue weighted by Gasteiger charge is -2.18. The molecule has 0 unspecified atom stereocenters. The Labute approximate surface area is 134 Å². The quantitative estimate of drug-likeness (QED) is 0.853. The Morgan fingerprint density at radius 3 is 2.18 bits per heavy atom. The number of thiol groups is 1. The van der Waals surface area contributed by atoms with E-state index < -0.39 is 6.09 Å². The first kappa shape index (κ1) is 14.9. The maximum absolute atomic E-state index is 11.8. The first-order valence-electron chi connectivity index (χ1n) is 7.14. The molecule has 1 aliphatic rings. The van der Waals surface area contributed by atoms with Crippen LogP contribution in [0.3, 0.4) is 0 Å². The second-order valence-electron chi connectivity index (χ2n) is 5.15. The summed E-state index contributed by atoms with van der Waals surface area (Å²) in [5, 5.41) is 8.83. The van der Waals surface area contributed by atoms with Gasteiger partial charge < -0.3 is 9.84 Å². The number of carbonyl (C=O) groups excluding carboxylic acids is 1. The first-order chi connectivity index (χ1) is 10.7. The predicted molar refractivity (Wildman–Crippen MR) is 87.8 cm³/mol. The molecule has 114 valence electrons. The third kappa shape index (κ3) is 2.69. The summed E-state index contributed by atoms with van der Waals surface area (Å²) in [5.74, 6) is 0.0345. The van der Waals surface area contributed by atoms with E-state index in [1.54, 1.807) is 0 Å². The van der Waals surface area contributed by atoms with Gasteiger partial charge in [-0.25, -0.2) is 4.79 Å². The topological polar surface area (TPSA) is 49.8 Å². The van der Waals surface area contributed by atoms with Crippen molar-refractivity contribution in [2.75, 3.05) is 19.8 Å². The van der Waals surface area contributed by atoms with Gasteiger partial charge in [0.05, 0.1) is 13.2 Å². The lowest BCUT2D eigenvalue weighted by atomic mass is 9.98. The molecule has 4 nitrogen and oxygen atoms in total. The molecule has 0 saturated heterocycles. The number of ether oxygens (including phenoxy) is 1. The van der Waals surface area contributed by atoms with Crippen LogP contribution in [0.2, 0.25) is 0 Å². The Balaban J connectivity index is 1.81. The maximum Gasteiger partial charge on any atom is 0.419 e. The molecule has 0 aliphatic heterocycles. The van der Waals surface area contributed by atoms with Crippen LogP contribution < -0.4 is 0 Å². The molecule has 22 heavy (non-hydrogen) atoms. The summed E-state index contributed by atoms with van der Waals surface area (Å²) in [7, 11) is 0. The van der Waals surface area contributed by atoms with Gasteiger partial charge in [-0.1, -0.05) is 61.3 Å². The number of aliphatic hydroxyl groups is 1. The fraction of sp³-hybridized carbons (Fsp3) is 0.235. The van der Waals surface area contributed by atoms with Gasteiger partial charge in [0.1, 0.15) is 6.61 Å². The zero-order chi connectivity index (χ0) is 15.5. The summed E-state index contributed by atoms with van der Waals surface area (Å²) in [6.45, 7) is 0.253. The average Bonchev–Trinajstić information content (AvgIpc) is 2.87. The van der Waals surface area contributed by atoms with Crippen molar-refractivity contribution in [3.8, 4) is 11.1 Å². The second kappa shape index (κ2) is 6.42. The number of aliphatic hydroxyl groups excluding tert-OH is 1. The molecule has 0 fully saturated rings. The third-order valence-electron chi connectivity index (χ3n) is 3.86. The van der Waals surface area contributed by atoms with Gasteiger partial charge in [0, 0.05) is 5.92 Å². The summed E-state index contributed by atoms with van der Waals surface area (Å²) in [6.07, 6.45) is -0.542. The molecule has 0 atom stereocenters. The highest BCUT2D eigenvalue weighted by atomic mass is 32.1. The average molecular weight is 315 g/mol. The van der Waals surface area contributed by atoms with Crippen molar-refractivity contribution < 1.29 is 14.6 Å². The number of carbonyl (C=O) groups is 1. The maximum atomic E-state index is 11.8. The fourth-order valence-electron chi connectivity index (χ4n) is 2.85. The van der Waals surface area contributed by atoms with Crippen LogP contribution in [0.1, 0.15) is 17.0 Å². The van der Waals surface area contributed by atoms with Crippen molar-refractivity contribution in [1.29, 1.82) is 0 Å². The summed E-state index contributed by atoms with van der Waals surface area (Å²) in [6, 6.07) is 16.3. The number of benzene rings is 2. The van der Waals surface area contributed by atoms with Gasteiger partial charge >= 0.3 is 6.09 Å². The van der Waals surface area contributed by atoms with Crippen molar-refractivity contribution in [2.24, 2.45) is 0 Å². The monoisotopic (exact) mass is 315 g/mol. The molecule has 0 bridgehead atoms. The molecule has 1 aliphatic carbocycles. The normalized spacial score (nSPS) is 12.6. The van der Waals surface area contributed by atoms with Crippen LogP contribution in [-0.2, 0) is 4.74 Å². The van der Waals surface area contributed by atoms with Crippen molar-refractivity contribution >= 4 is 18.9 Å². The van der Waals surface area contributed by atoms with Crippen LogP contribution >= 0.6 is 12.8 Å². The summed E-state index contributed by atoms with van der Waals surface area (Å²) >= 11 is 3.99. The van der Waals surface area contributed by atoms with Gasteiger partial charge in [-0.15, -0.1) is 0 Å². The van der Waals surface area contributed by atoms with E-state index in [1.807, 2.05) is 24.3 Å². The number of rotatable bonds is 4. The highest BCUT2D eigenvalue weighted by Crippen LogP contribution is 2.44. The molecule has 0 heterocycles. The number of amides is 1. The molecule has 2 aromatic carbocycles. The molecule has 0 aromatic heterocycles. The van der Waals surface area contributed by atoms with E-state index in [0.29, 0.717) is 0 Å². The van der Waals surface area contributed by atoms with E-state index in [9.17, 15) is 4.79 Å². The number of nitrogens with zero attached hydrogens (tertiary/aromatic N) is 1. The Kier molecular flexibility index (Phi) is 4.36. The van der Waals surface area contributed by atoms with Crippen molar-refractivity contribution in [1.82, 2.24) is 4.31 Å². The van der Waals surface area contributed by atoms with E-state index >= 15 is 0 Å². The summed E-state index contributed by atoms with van der Waals surface area (Å²) < 4.78 is 6.43. The molecule has 0 spiro atoms.